The van der Waals surface area contributed by atoms with Crippen molar-refractivity contribution in [2.45, 2.75) is 31.3 Å². The van der Waals surface area contributed by atoms with Gasteiger partial charge in [-0.25, -0.2) is 8.42 Å². The van der Waals surface area contributed by atoms with Crippen LogP contribution in [-0.4, -0.2) is 66.1 Å². The van der Waals surface area contributed by atoms with E-state index in [1.165, 1.54) is 50.4 Å². The number of anilines is 1. The van der Waals surface area contributed by atoms with Crippen LogP contribution in [0.5, 0.6) is 17.2 Å². The van der Waals surface area contributed by atoms with Crippen LogP contribution in [-0.2, 0) is 26.2 Å². The van der Waals surface area contributed by atoms with Gasteiger partial charge in [0.05, 0.1) is 31.9 Å². The summed E-state index contributed by atoms with van der Waals surface area (Å²) in [4.78, 5) is 27.9. The number of rotatable bonds is 12. The Balaban J connectivity index is 2.07. The van der Waals surface area contributed by atoms with Crippen molar-refractivity contribution in [1.82, 2.24) is 10.2 Å². The maximum atomic E-state index is 13.9. The summed E-state index contributed by atoms with van der Waals surface area (Å²) in [5, 5.41) is 2.56. The minimum atomic E-state index is -4.21. The number of ether oxygens (including phenoxy) is 3. The zero-order valence-corrected chi connectivity index (χ0v) is 24.3. The van der Waals surface area contributed by atoms with Crippen LogP contribution < -0.4 is 23.8 Å². The molecule has 0 aliphatic carbocycles. The van der Waals surface area contributed by atoms with E-state index in [-0.39, 0.29) is 23.0 Å². The number of likely N-dealkylation sites (N-methyl/N-ethyl adjacent to an activating group) is 1. The summed E-state index contributed by atoms with van der Waals surface area (Å²) in [6.07, 6.45) is 0. The largest absolute Gasteiger partial charge is 0.497 e. The molecule has 3 rings (SSSR count). The van der Waals surface area contributed by atoms with E-state index in [0.717, 1.165) is 15.4 Å². The maximum Gasteiger partial charge on any atom is 0.264 e. The summed E-state index contributed by atoms with van der Waals surface area (Å²) >= 11 is 0. The van der Waals surface area contributed by atoms with Gasteiger partial charge in [0.1, 0.15) is 18.3 Å². The second-order valence-electron chi connectivity index (χ2n) is 9.02. The third-order valence-electron chi connectivity index (χ3n) is 6.47. The van der Waals surface area contributed by atoms with E-state index < -0.39 is 28.5 Å². The van der Waals surface area contributed by atoms with Crippen LogP contribution in [0.25, 0.3) is 0 Å². The highest BCUT2D eigenvalue weighted by Crippen LogP contribution is 2.34. The van der Waals surface area contributed by atoms with Crippen molar-refractivity contribution in [3.05, 3.63) is 77.9 Å². The Hall–Kier alpha value is -4.25. The molecule has 0 aliphatic heterocycles. The first-order valence-corrected chi connectivity index (χ1v) is 13.9. The van der Waals surface area contributed by atoms with E-state index in [2.05, 4.69) is 5.32 Å². The summed E-state index contributed by atoms with van der Waals surface area (Å²) in [6, 6.07) is 17.1. The second-order valence-corrected chi connectivity index (χ2v) is 10.9. The van der Waals surface area contributed by atoms with E-state index in [1.807, 2.05) is 6.92 Å². The van der Waals surface area contributed by atoms with Crippen molar-refractivity contribution in [3.8, 4) is 17.2 Å². The predicted molar refractivity (Wildman–Crippen MR) is 152 cm³/mol. The highest BCUT2D eigenvalue weighted by atomic mass is 32.2. The third-order valence-corrected chi connectivity index (χ3v) is 8.26. The molecule has 1 N–H and O–H groups in total. The molecule has 3 aromatic carbocycles. The smallest absolute Gasteiger partial charge is 0.264 e. The van der Waals surface area contributed by atoms with Gasteiger partial charge < -0.3 is 24.4 Å². The first-order chi connectivity index (χ1) is 19.0. The maximum absolute atomic E-state index is 13.9. The van der Waals surface area contributed by atoms with Crippen LogP contribution in [0.1, 0.15) is 18.1 Å². The Morgan fingerprint density at radius 1 is 0.875 bits per heavy atom. The summed E-state index contributed by atoms with van der Waals surface area (Å²) in [7, 11) is 1.73. The molecular formula is C29H35N3O7S. The van der Waals surface area contributed by atoms with Crippen LogP contribution >= 0.6 is 0 Å². The molecule has 0 radical (unpaired) electrons. The van der Waals surface area contributed by atoms with E-state index in [0.29, 0.717) is 17.2 Å². The van der Waals surface area contributed by atoms with Gasteiger partial charge in [0.15, 0.2) is 11.5 Å². The van der Waals surface area contributed by atoms with E-state index in [4.69, 9.17) is 14.2 Å². The van der Waals surface area contributed by atoms with Crippen LogP contribution in [0.4, 0.5) is 5.69 Å². The number of hydrogen-bond donors (Lipinski definition) is 1. The lowest BCUT2D eigenvalue weighted by atomic mass is 10.1. The molecule has 0 saturated carbocycles. The van der Waals surface area contributed by atoms with Crippen LogP contribution in [0, 0.1) is 6.92 Å². The molecule has 0 saturated heterocycles. The highest BCUT2D eigenvalue weighted by molar-refractivity contribution is 7.92. The fraction of sp³-hybridized carbons (Fsp3) is 0.310. The number of nitrogens with one attached hydrogen (secondary N) is 1. The molecule has 1 atom stereocenters. The van der Waals surface area contributed by atoms with Gasteiger partial charge in [-0.3, -0.25) is 13.9 Å². The van der Waals surface area contributed by atoms with E-state index in [9.17, 15) is 18.0 Å². The normalized spacial score (nSPS) is 11.8. The van der Waals surface area contributed by atoms with Crippen molar-refractivity contribution in [2.75, 3.05) is 39.2 Å². The quantitative estimate of drug-likeness (QED) is 0.356. The SMILES string of the molecule is CNC(=O)[C@H](C)N(Cc1ccc(OC)cc1)C(=O)CN(c1ccc(OC)c(OC)c1)S(=O)(=O)c1ccc(C)cc1. The van der Waals surface area contributed by atoms with Crippen molar-refractivity contribution < 1.29 is 32.2 Å². The van der Waals surface area contributed by atoms with Crippen LogP contribution in [0.15, 0.2) is 71.6 Å². The lowest BCUT2D eigenvalue weighted by Crippen LogP contribution is -2.50. The van der Waals surface area contributed by atoms with Crippen molar-refractivity contribution in [2.24, 2.45) is 0 Å². The van der Waals surface area contributed by atoms with Gasteiger partial charge >= 0.3 is 0 Å². The molecule has 0 bridgehead atoms. The topological polar surface area (TPSA) is 114 Å². The number of nitrogens with zero attached hydrogens (tertiary/aromatic N) is 2. The average Bonchev–Trinajstić information content (AvgIpc) is 2.97. The summed E-state index contributed by atoms with van der Waals surface area (Å²) in [6.45, 7) is 2.95. The van der Waals surface area contributed by atoms with Gasteiger partial charge in [0.2, 0.25) is 11.8 Å². The Bertz CT molecular complexity index is 1420. The van der Waals surface area contributed by atoms with Gasteiger partial charge in [-0.2, -0.15) is 0 Å². The first kappa shape index (κ1) is 30.3. The fourth-order valence-corrected chi connectivity index (χ4v) is 5.47. The van der Waals surface area contributed by atoms with Gasteiger partial charge in [-0.05, 0) is 55.8 Å². The molecule has 214 valence electrons. The Kier molecular flexibility index (Phi) is 10.0. The lowest BCUT2D eigenvalue weighted by molar-refractivity contribution is -0.139. The minimum Gasteiger partial charge on any atom is -0.497 e. The van der Waals surface area contributed by atoms with Gasteiger partial charge in [-0.1, -0.05) is 29.8 Å². The van der Waals surface area contributed by atoms with E-state index >= 15 is 0 Å². The molecule has 2 amide bonds. The summed E-state index contributed by atoms with van der Waals surface area (Å²) in [5.74, 6) is 0.383. The number of carbonyl (C=O) groups is 2. The zero-order valence-electron chi connectivity index (χ0n) is 23.5. The number of hydrogen-bond acceptors (Lipinski definition) is 7. The van der Waals surface area contributed by atoms with Gasteiger partial charge in [0.25, 0.3) is 10.0 Å². The molecular weight excluding hydrogens is 534 g/mol. The summed E-state index contributed by atoms with van der Waals surface area (Å²) in [5.41, 5.74) is 1.82. The minimum absolute atomic E-state index is 0.0155. The number of aryl methyl sites for hydroxylation is 1. The highest BCUT2D eigenvalue weighted by Gasteiger charge is 2.32. The molecule has 0 aliphatic rings. The second kappa shape index (κ2) is 13.2. The van der Waals surface area contributed by atoms with Gasteiger partial charge in [-0.15, -0.1) is 0 Å². The molecule has 0 unspecified atom stereocenters. The number of sulfonamides is 1. The molecule has 0 heterocycles. The standard InChI is InChI=1S/C29H35N3O7S/c1-20-7-14-25(15-8-20)40(35,36)32(23-11-16-26(38-5)27(17-23)39-6)19-28(33)31(21(2)29(34)30-3)18-22-9-12-24(37-4)13-10-22/h7-17,21H,18-19H2,1-6H3,(H,30,34)/t21-/m0/s1. The molecule has 40 heavy (non-hydrogen) atoms. The number of amides is 2. The molecule has 0 fully saturated rings. The molecule has 3 aromatic rings. The molecule has 0 aromatic heterocycles. The number of methoxy groups -OCH3 is 3. The first-order valence-electron chi connectivity index (χ1n) is 12.5. The third kappa shape index (κ3) is 6.84. The van der Waals surface area contributed by atoms with Crippen LogP contribution in [0.3, 0.4) is 0 Å². The van der Waals surface area contributed by atoms with Crippen molar-refractivity contribution in [1.29, 1.82) is 0 Å². The van der Waals surface area contributed by atoms with Crippen LogP contribution in [0.2, 0.25) is 0 Å². The summed E-state index contributed by atoms with van der Waals surface area (Å²) < 4.78 is 44.8. The van der Waals surface area contributed by atoms with Crippen molar-refractivity contribution in [3.63, 3.8) is 0 Å². The number of carbonyl (C=O) groups excluding carboxylic acids is 2. The predicted octanol–water partition coefficient (Wildman–Crippen LogP) is 3.38. The zero-order chi connectivity index (χ0) is 29.4. The average molecular weight is 570 g/mol. The lowest BCUT2D eigenvalue weighted by Gasteiger charge is -2.32. The Morgan fingerprint density at radius 2 is 1.50 bits per heavy atom. The Labute approximate surface area is 235 Å². The van der Waals surface area contributed by atoms with E-state index in [1.54, 1.807) is 56.5 Å². The Morgan fingerprint density at radius 3 is 2.05 bits per heavy atom. The molecule has 10 nitrogen and oxygen atoms in total. The molecule has 11 heteroatoms. The fourth-order valence-electron chi connectivity index (χ4n) is 4.07. The van der Waals surface area contributed by atoms with Gasteiger partial charge in [0, 0.05) is 19.7 Å². The molecule has 0 spiro atoms. The number of benzene rings is 3. The monoisotopic (exact) mass is 569 g/mol. The van der Waals surface area contributed by atoms with Crippen molar-refractivity contribution >= 4 is 27.5 Å².